The molecule has 1 aromatic rings. The molecule has 2 N–H and O–H groups in total. The van der Waals surface area contributed by atoms with Gasteiger partial charge in [-0.15, -0.1) is 3.25 Å². The second-order valence-electron chi connectivity index (χ2n) is 5.37. The highest BCUT2D eigenvalue weighted by Crippen LogP contribution is 2.51. The number of allylic oxidation sites excluding steroid dienone is 4. The van der Waals surface area contributed by atoms with Crippen molar-refractivity contribution < 1.29 is 0 Å². The zero-order chi connectivity index (χ0) is 16.6. The molecule has 6 heteroatoms. The number of anilines is 1. The van der Waals surface area contributed by atoms with Crippen LogP contribution >= 0.6 is 31.1 Å². The fourth-order valence-electron chi connectivity index (χ4n) is 2.85. The minimum atomic E-state index is -1.82. The summed E-state index contributed by atoms with van der Waals surface area (Å²) in [7, 11) is 0. The highest BCUT2D eigenvalue weighted by Gasteiger charge is 2.29. The lowest BCUT2D eigenvalue weighted by molar-refractivity contribution is 0.735. The monoisotopic (exact) mass is 440 g/mol. The van der Waals surface area contributed by atoms with Gasteiger partial charge >= 0.3 is 0 Å². The van der Waals surface area contributed by atoms with E-state index in [2.05, 4.69) is 48.0 Å². The summed E-state index contributed by atoms with van der Waals surface area (Å²) in [4.78, 5) is 0. The van der Waals surface area contributed by atoms with E-state index >= 15 is 0 Å². The second kappa shape index (κ2) is 6.70. The summed E-state index contributed by atoms with van der Waals surface area (Å²) in [6.45, 7) is 4.91. The minimum absolute atomic E-state index is 0.705. The predicted molar refractivity (Wildman–Crippen MR) is 111 cm³/mol. The number of nitrogens with two attached hydrogens (primary N) is 1. The van der Waals surface area contributed by atoms with E-state index in [0.717, 1.165) is 16.9 Å². The molecule has 122 valence electrons. The van der Waals surface area contributed by atoms with Crippen LogP contribution in [0.25, 0.3) is 5.70 Å². The van der Waals surface area contributed by atoms with Crippen molar-refractivity contribution in [2.45, 2.75) is 13.8 Å². The van der Waals surface area contributed by atoms with Crippen LogP contribution in [-0.2, 0) is 0 Å². The van der Waals surface area contributed by atoms with Crippen LogP contribution in [0.2, 0.25) is 0 Å². The lowest BCUT2D eigenvalue weighted by Crippen LogP contribution is -2.34. The quantitative estimate of drug-likeness (QED) is 0.416. The van der Waals surface area contributed by atoms with Crippen molar-refractivity contribution in [2.24, 2.45) is 9.10 Å². The average Bonchev–Trinajstić information content (AvgIpc) is 2.87. The van der Waals surface area contributed by atoms with E-state index in [1.54, 1.807) is 11.9 Å². The van der Waals surface area contributed by atoms with Crippen molar-refractivity contribution in [1.82, 2.24) is 4.41 Å². The Balaban J connectivity index is 2.39. The van der Waals surface area contributed by atoms with Crippen LogP contribution in [0.5, 0.6) is 0 Å². The van der Waals surface area contributed by atoms with Gasteiger partial charge in [0.15, 0.2) is 0 Å². The Bertz CT molecular complexity index is 816. The summed E-state index contributed by atoms with van der Waals surface area (Å²) < 4.78 is 12.7. The standard InChI is InChI=1S/C17H21IN4S/c1-5-8-13-12(2)11-21(19)15-10-7-6-9-14(15)17-16(13)18(3)20-22(17)23-4/h5-10H,3,11,19H2,1-2,4H3/b8-5-,13-12?. The number of benzene rings is 1. The fraction of sp³-hybridized carbons (Fsp3) is 0.235. The van der Waals surface area contributed by atoms with Crippen molar-refractivity contribution >= 4 is 47.0 Å². The summed E-state index contributed by atoms with van der Waals surface area (Å²) in [5.74, 6) is 6.36. The maximum Gasteiger partial charge on any atom is 0.0966 e. The summed E-state index contributed by atoms with van der Waals surface area (Å²) >= 11 is -0.197. The summed E-state index contributed by atoms with van der Waals surface area (Å²) in [6, 6.07) is 8.30. The number of hydrazine groups is 1. The number of fused-ring (bicyclic) bond motifs is 2. The highest BCUT2D eigenvalue weighted by atomic mass is 127. The van der Waals surface area contributed by atoms with Crippen molar-refractivity contribution in [3.8, 4) is 0 Å². The number of para-hydroxylation sites is 1. The Kier molecular flexibility index (Phi) is 4.84. The Hall–Kier alpha value is -1.25. The van der Waals surface area contributed by atoms with Gasteiger partial charge in [-0.05, 0) is 43.0 Å². The molecule has 0 aliphatic carbocycles. The van der Waals surface area contributed by atoms with Crippen LogP contribution in [0.1, 0.15) is 19.4 Å². The van der Waals surface area contributed by atoms with Gasteiger partial charge in [-0.1, -0.05) is 34.9 Å². The van der Waals surface area contributed by atoms with Crippen LogP contribution in [-0.4, -0.2) is 21.7 Å². The van der Waals surface area contributed by atoms with E-state index in [1.165, 1.54) is 14.7 Å². The first-order valence-electron chi connectivity index (χ1n) is 7.32. The van der Waals surface area contributed by atoms with Gasteiger partial charge in [-0.25, -0.2) is 10.3 Å². The summed E-state index contributed by atoms with van der Waals surface area (Å²) in [5, 5.41) is 1.83. The van der Waals surface area contributed by atoms with Gasteiger partial charge in [0.25, 0.3) is 0 Å². The van der Waals surface area contributed by atoms with Crippen molar-refractivity contribution in [3.05, 3.63) is 56.7 Å². The summed E-state index contributed by atoms with van der Waals surface area (Å²) in [6.07, 6.45) is 6.32. The molecule has 2 aliphatic rings. The molecule has 0 saturated heterocycles. The Labute approximate surface area is 148 Å². The van der Waals surface area contributed by atoms with Gasteiger partial charge in [-0.2, -0.15) is 0 Å². The molecule has 0 aromatic heterocycles. The molecular formula is C17H21IN4S. The Morgan fingerprint density at radius 1 is 1.39 bits per heavy atom. The van der Waals surface area contributed by atoms with E-state index in [4.69, 9.17) is 9.10 Å². The molecule has 4 nitrogen and oxygen atoms in total. The first kappa shape index (κ1) is 16.6. The molecule has 1 aromatic carbocycles. The molecule has 0 amide bonds. The molecular weight excluding hydrogens is 419 g/mol. The van der Waals surface area contributed by atoms with Crippen LogP contribution in [0.4, 0.5) is 5.69 Å². The van der Waals surface area contributed by atoms with E-state index in [1.807, 2.05) is 22.4 Å². The molecule has 0 atom stereocenters. The first-order valence-corrected chi connectivity index (χ1v) is 12.1. The second-order valence-corrected chi connectivity index (χ2v) is 9.52. The lowest BCUT2D eigenvalue weighted by Gasteiger charge is -2.28. The van der Waals surface area contributed by atoms with Crippen LogP contribution in [0, 0.1) is 0 Å². The molecule has 0 fully saturated rings. The maximum atomic E-state index is 6.36. The SMILES string of the molecule is C=I1=NN(SC)C2=C1C(/C=C\C)=C(C)CN(N)c1ccccc12. The van der Waals surface area contributed by atoms with Gasteiger partial charge in [-0.3, -0.25) is 0 Å². The molecule has 0 spiro atoms. The number of hydrogen-bond acceptors (Lipinski definition) is 5. The molecule has 23 heavy (non-hydrogen) atoms. The zero-order valence-corrected chi connectivity index (χ0v) is 16.6. The van der Waals surface area contributed by atoms with Gasteiger partial charge < -0.3 is 5.01 Å². The maximum absolute atomic E-state index is 6.36. The molecule has 0 radical (unpaired) electrons. The molecule has 2 heterocycles. The smallest absolute Gasteiger partial charge is 0.0966 e. The van der Waals surface area contributed by atoms with E-state index in [0.29, 0.717) is 6.54 Å². The average molecular weight is 440 g/mol. The largest absolute Gasteiger partial charge is 0.306 e. The normalized spacial score (nSPS) is 19.0. The van der Waals surface area contributed by atoms with Gasteiger partial charge in [0.05, 0.1) is 21.5 Å². The van der Waals surface area contributed by atoms with Gasteiger partial charge in [0, 0.05) is 31.0 Å². The van der Waals surface area contributed by atoms with Crippen LogP contribution in [0.15, 0.2) is 54.4 Å². The Morgan fingerprint density at radius 2 is 2.13 bits per heavy atom. The number of rotatable bonds is 2. The van der Waals surface area contributed by atoms with Crippen molar-refractivity contribution in [3.63, 3.8) is 0 Å². The molecule has 0 saturated carbocycles. The fourth-order valence-corrected chi connectivity index (χ4v) is 7.80. The third kappa shape index (κ3) is 2.83. The lowest BCUT2D eigenvalue weighted by atomic mass is 10.0. The van der Waals surface area contributed by atoms with Gasteiger partial charge in [0.2, 0.25) is 0 Å². The number of nitrogens with zero attached hydrogens (tertiary/aromatic N) is 3. The number of hydrogen-bond donors (Lipinski definition) is 1. The van der Waals surface area contributed by atoms with Crippen molar-refractivity contribution in [1.29, 1.82) is 0 Å². The molecule has 0 bridgehead atoms. The predicted octanol–water partition coefficient (Wildman–Crippen LogP) is 4.57. The van der Waals surface area contributed by atoms with Crippen LogP contribution < -0.4 is 10.9 Å². The van der Waals surface area contributed by atoms with E-state index in [-0.39, 0.29) is 0 Å². The molecule has 2 aliphatic heterocycles. The van der Waals surface area contributed by atoms with Crippen molar-refractivity contribution in [2.75, 3.05) is 17.8 Å². The summed E-state index contributed by atoms with van der Waals surface area (Å²) in [5.41, 5.74) is 5.86. The Morgan fingerprint density at radius 3 is 2.83 bits per heavy atom. The minimum Gasteiger partial charge on any atom is -0.306 e. The first-order chi connectivity index (χ1) is 11.1. The third-order valence-corrected chi connectivity index (χ3v) is 8.05. The third-order valence-electron chi connectivity index (χ3n) is 3.86. The topological polar surface area (TPSA) is 44.9 Å². The van der Waals surface area contributed by atoms with Crippen LogP contribution in [0.3, 0.4) is 0 Å². The van der Waals surface area contributed by atoms with E-state index in [9.17, 15) is 0 Å². The molecule has 3 rings (SSSR count). The van der Waals surface area contributed by atoms with Gasteiger partial charge in [0.1, 0.15) is 0 Å². The number of halogens is 1. The zero-order valence-electron chi connectivity index (χ0n) is 13.6. The molecule has 0 unspecified atom stereocenters. The van der Waals surface area contributed by atoms with E-state index < -0.39 is 19.2 Å². The highest BCUT2D eigenvalue weighted by molar-refractivity contribution is 14.2.